The molecule has 3 heteroatoms. The van der Waals surface area contributed by atoms with Gasteiger partial charge < -0.3 is 9.32 Å². The summed E-state index contributed by atoms with van der Waals surface area (Å²) in [5, 5.41) is 9.71. The van der Waals surface area contributed by atoms with Gasteiger partial charge in [-0.1, -0.05) is 158 Å². The molecule has 2 nitrogen and oxygen atoms in total. The topological polar surface area (TPSA) is 16.4 Å². The van der Waals surface area contributed by atoms with Crippen molar-refractivity contribution in [2.75, 3.05) is 4.90 Å². The van der Waals surface area contributed by atoms with Crippen molar-refractivity contribution in [1.82, 2.24) is 0 Å². The minimum atomic E-state index is 0.892. The van der Waals surface area contributed by atoms with Crippen LogP contribution in [0.3, 0.4) is 0 Å². The van der Waals surface area contributed by atoms with Gasteiger partial charge in [0.05, 0.1) is 5.69 Å². The number of thiophene rings is 1. The average Bonchev–Trinajstić information content (AvgIpc) is 3.87. The van der Waals surface area contributed by atoms with E-state index in [4.69, 9.17) is 4.42 Å². The van der Waals surface area contributed by atoms with Gasteiger partial charge in [0, 0.05) is 53.4 Å². The molecule has 0 radical (unpaired) electrons. The van der Waals surface area contributed by atoms with E-state index in [0.29, 0.717) is 0 Å². The molecule has 2 aromatic heterocycles. The van der Waals surface area contributed by atoms with Crippen molar-refractivity contribution in [2.24, 2.45) is 0 Å². The van der Waals surface area contributed by atoms with Crippen molar-refractivity contribution < 1.29 is 4.42 Å². The Kier molecular flexibility index (Phi) is 7.97. The Hall–Kier alpha value is -7.46. The van der Waals surface area contributed by atoms with Gasteiger partial charge in [-0.25, -0.2) is 0 Å². The van der Waals surface area contributed by atoms with Crippen molar-refractivity contribution in [1.29, 1.82) is 0 Å². The monoisotopic (exact) mass is 783 g/mol. The summed E-state index contributed by atoms with van der Waals surface area (Å²) in [7, 11) is 0. The van der Waals surface area contributed by atoms with Crippen LogP contribution >= 0.6 is 11.3 Å². The number of benzene rings is 10. The van der Waals surface area contributed by atoms with E-state index in [1.54, 1.807) is 0 Å². The second-order valence-corrected chi connectivity index (χ2v) is 16.7. The van der Waals surface area contributed by atoms with Crippen LogP contribution in [0.4, 0.5) is 17.1 Å². The lowest BCUT2D eigenvalue weighted by molar-refractivity contribution is 0.670. The van der Waals surface area contributed by atoms with Crippen LogP contribution in [0.15, 0.2) is 211 Å². The van der Waals surface area contributed by atoms with E-state index in [1.807, 2.05) is 11.3 Å². The smallest absolute Gasteiger partial charge is 0.143 e. The standard InChI is InChI=1S/C57H37NOS/c1-36-32-41(45-24-12-27-50-47-22-7-9-29-55(47)60-57(45)50)30-31-52(36)58(42-19-10-18-40(33-42)44-23-11-17-37-14-4-5-20-43(37)44)53-28-8-6-21-46(53)48-25-13-26-49-51-34-38-15-2-3-16-39(38)35-54(51)59-56(48)49/h2-35H,1H3. The van der Waals surface area contributed by atoms with Crippen LogP contribution in [0.2, 0.25) is 0 Å². The number of rotatable bonds is 6. The zero-order valence-corrected chi connectivity index (χ0v) is 33.7. The van der Waals surface area contributed by atoms with Gasteiger partial charge in [0.15, 0.2) is 0 Å². The Labute approximate surface area is 351 Å². The zero-order chi connectivity index (χ0) is 39.7. The Balaban J connectivity index is 1.07. The van der Waals surface area contributed by atoms with Gasteiger partial charge in [-0.15, -0.1) is 11.3 Å². The number of hydrogen-bond acceptors (Lipinski definition) is 3. The van der Waals surface area contributed by atoms with Gasteiger partial charge in [-0.3, -0.25) is 0 Å². The van der Waals surface area contributed by atoms with Crippen molar-refractivity contribution >= 4 is 92.1 Å². The molecule has 0 unspecified atom stereocenters. The second kappa shape index (κ2) is 13.8. The summed E-state index contributed by atoms with van der Waals surface area (Å²) in [4.78, 5) is 2.44. The minimum absolute atomic E-state index is 0.892. The number of furan rings is 1. The molecule has 0 atom stereocenters. The molecule has 60 heavy (non-hydrogen) atoms. The Morgan fingerprint density at radius 1 is 0.400 bits per heavy atom. The molecule has 0 amide bonds. The van der Waals surface area contributed by atoms with Crippen LogP contribution in [-0.4, -0.2) is 0 Å². The van der Waals surface area contributed by atoms with Crippen molar-refractivity contribution in [3.63, 3.8) is 0 Å². The highest BCUT2D eigenvalue weighted by Crippen LogP contribution is 2.47. The van der Waals surface area contributed by atoms with Gasteiger partial charge in [-0.2, -0.15) is 0 Å². The fourth-order valence-corrected chi connectivity index (χ4v) is 10.6. The summed E-state index contributed by atoms with van der Waals surface area (Å²) in [6.07, 6.45) is 0. The quantitative estimate of drug-likeness (QED) is 0.167. The molecule has 0 fully saturated rings. The third-order valence-electron chi connectivity index (χ3n) is 12.2. The predicted molar refractivity (Wildman–Crippen MR) is 257 cm³/mol. The summed E-state index contributed by atoms with van der Waals surface area (Å²) in [6.45, 7) is 2.25. The highest BCUT2D eigenvalue weighted by atomic mass is 32.1. The summed E-state index contributed by atoms with van der Waals surface area (Å²) in [6, 6.07) is 75.0. The second-order valence-electron chi connectivity index (χ2n) is 15.7. The fourth-order valence-electron chi connectivity index (χ4n) is 9.34. The number of fused-ring (bicyclic) bond motifs is 8. The number of aryl methyl sites for hydroxylation is 1. The van der Waals surface area contributed by atoms with Crippen LogP contribution in [0.5, 0.6) is 0 Å². The van der Waals surface area contributed by atoms with E-state index >= 15 is 0 Å². The van der Waals surface area contributed by atoms with Crippen LogP contribution in [0.25, 0.3) is 97.0 Å². The zero-order valence-electron chi connectivity index (χ0n) is 32.9. The molecular weight excluding hydrogens is 747 g/mol. The molecule has 0 saturated carbocycles. The number of anilines is 3. The summed E-state index contributed by atoms with van der Waals surface area (Å²) < 4.78 is 9.47. The lowest BCUT2D eigenvalue weighted by Crippen LogP contribution is -2.12. The molecule has 0 aliphatic heterocycles. The third kappa shape index (κ3) is 5.55. The molecule has 282 valence electrons. The highest BCUT2D eigenvalue weighted by Gasteiger charge is 2.23. The minimum Gasteiger partial charge on any atom is -0.455 e. The van der Waals surface area contributed by atoms with Gasteiger partial charge in [0.1, 0.15) is 11.2 Å². The first-order chi connectivity index (χ1) is 29.7. The lowest BCUT2D eigenvalue weighted by atomic mass is 9.96. The van der Waals surface area contributed by atoms with E-state index in [0.717, 1.165) is 50.1 Å². The first kappa shape index (κ1) is 34.6. The van der Waals surface area contributed by atoms with E-state index < -0.39 is 0 Å². The van der Waals surface area contributed by atoms with Crippen LogP contribution in [-0.2, 0) is 0 Å². The molecule has 0 bridgehead atoms. The van der Waals surface area contributed by atoms with Crippen LogP contribution < -0.4 is 4.90 Å². The van der Waals surface area contributed by atoms with Crippen molar-refractivity contribution in [2.45, 2.75) is 6.92 Å². The summed E-state index contributed by atoms with van der Waals surface area (Å²) in [5.74, 6) is 0. The molecule has 0 aliphatic rings. The molecule has 2 heterocycles. The van der Waals surface area contributed by atoms with E-state index in [9.17, 15) is 0 Å². The Bertz CT molecular complexity index is 3640. The maximum atomic E-state index is 6.84. The first-order valence-electron chi connectivity index (χ1n) is 20.5. The largest absolute Gasteiger partial charge is 0.455 e. The molecule has 12 aromatic rings. The van der Waals surface area contributed by atoms with Crippen molar-refractivity contribution in [3.8, 4) is 33.4 Å². The summed E-state index contributed by atoms with van der Waals surface area (Å²) >= 11 is 1.88. The molecule has 0 spiro atoms. The number of hydrogen-bond donors (Lipinski definition) is 0. The molecule has 10 aromatic carbocycles. The number of para-hydroxylation sites is 2. The van der Waals surface area contributed by atoms with Gasteiger partial charge in [0.25, 0.3) is 0 Å². The first-order valence-corrected chi connectivity index (χ1v) is 21.3. The van der Waals surface area contributed by atoms with Crippen LogP contribution in [0, 0.1) is 6.92 Å². The molecule has 0 aliphatic carbocycles. The Morgan fingerprint density at radius 2 is 1.03 bits per heavy atom. The van der Waals surface area contributed by atoms with Crippen LogP contribution in [0.1, 0.15) is 5.56 Å². The number of nitrogens with zero attached hydrogens (tertiary/aromatic N) is 1. The Morgan fingerprint density at radius 3 is 1.92 bits per heavy atom. The molecule has 0 N–H and O–H groups in total. The van der Waals surface area contributed by atoms with Crippen molar-refractivity contribution in [3.05, 3.63) is 212 Å². The lowest BCUT2D eigenvalue weighted by Gasteiger charge is -2.30. The third-order valence-corrected chi connectivity index (χ3v) is 13.4. The van der Waals surface area contributed by atoms with E-state index in [-0.39, 0.29) is 0 Å². The predicted octanol–water partition coefficient (Wildman–Crippen LogP) is 17.0. The average molecular weight is 784 g/mol. The molecular formula is C57H37NOS. The van der Waals surface area contributed by atoms with Gasteiger partial charge in [-0.05, 0) is 105 Å². The fraction of sp³-hybridized carbons (Fsp3) is 0.0175. The van der Waals surface area contributed by atoms with Gasteiger partial charge >= 0.3 is 0 Å². The molecule has 0 saturated heterocycles. The maximum absolute atomic E-state index is 6.84. The van der Waals surface area contributed by atoms with Gasteiger partial charge in [0.2, 0.25) is 0 Å². The normalized spacial score (nSPS) is 11.8. The van der Waals surface area contributed by atoms with E-state index in [1.165, 1.54) is 69.5 Å². The maximum Gasteiger partial charge on any atom is 0.143 e. The highest BCUT2D eigenvalue weighted by molar-refractivity contribution is 7.26. The SMILES string of the molecule is Cc1cc(-c2cccc3c2sc2ccccc23)ccc1N(c1cccc(-c2cccc3ccccc23)c1)c1ccccc1-c1cccc2c1oc1cc3ccccc3cc12. The summed E-state index contributed by atoms with van der Waals surface area (Å²) in [5.41, 5.74) is 13.3. The molecule has 12 rings (SSSR count). The van der Waals surface area contributed by atoms with E-state index in [2.05, 4.69) is 218 Å².